The Morgan fingerprint density at radius 3 is 2.56 bits per heavy atom. The van der Waals surface area contributed by atoms with Crippen molar-refractivity contribution in [1.82, 2.24) is 0 Å². The third kappa shape index (κ3) is 2.78. The molecule has 0 saturated heterocycles. The molecule has 0 aliphatic carbocycles. The molecule has 16 heavy (non-hydrogen) atoms. The average molecular weight is 252 g/mol. The Hall–Kier alpha value is -1.44. The van der Waals surface area contributed by atoms with Crippen LogP contribution in [0.3, 0.4) is 0 Å². The Bertz CT molecular complexity index is 402. The van der Waals surface area contributed by atoms with E-state index in [0.717, 1.165) is 6.07 Å². The molecular formula is C8H11ClFN3O3. The standard InChI is InChI=1S/C8H10FN3O3.ClH/c9-4-1-5(6(11)3-10)8(13)7(2-4)12(14)15;/h1-2,6,13H,3,10-11H2;1H/t6-;/m0./s1. The summed E-state index contributed by atoms with van der Waals surface area (Å²) >= 11 is 0. The molecule has 0 radical (unpaired) electrons. The fraction of sp³-hybridized carbons (Fsp3) is 0.250. The number of aromatic hydroxyl groups is 1. The van der Waals surface area contributed by atoms with Gasteiger partial charge in [-0.1, -0.05) is 0 Å². The molecule has 1 aromatic carbocycles. The van der Waals surface area contributed by atoms with Crippen LogP contribution in [-0.4, -0.2) is 16.6 Å². The number of nitro groups is 1. The van der Waals surface area contributed by atoms with Gasteiger partial charge in [-0.3, -0.25) is 10.1 Å². The van der Waals surface area contributed by atoms with Crippen molar-refractivity contribution in [2.24, 2.45) is 11.5 Å². The van der Waals surface area contributed by atoms with Crippen LogP contribution >= 0.6 is 12.4 Å². The Balaban J connectivity index is 0.00000225. The van der Waals surface area contributed by atoms with Gasteiger partial charge in [0.1, 0.15) is 5.82 Å². The largest absolute Gasteiger partial charge is 0.502 e. The Labute approximate surface area is 96.6 Å². The van der Waals surface area contributed by atoms with Crippen LogP contribution in [0.1, 0.15) is 11.6 Å². The predicted octanol–water partition coefficient (Wildman–Crippen LogP) is 0.820. The van der Waals surface area contributed by atoms with Gasteiger partial charge in [0.05, 0.1) is 11.0 Å². The van der Waals surface area contributed by atoms with Gasteiger partial charge in [0.25, 0.3) is 0 Å². The van der Waals surface area contributed by atoms with Gasteiger partial charge in [-0.25, -0.2) is 4.39 Å². The molecule has 5 N–H and O–H groups in total. The van der Waals surface area contributed by atoms with E-state index in [9.17, 15) is 19.6 Å². The van der Waals surface area contributed by atoms with E-state index in [1.807, 2.05) is 0 Å². The summed E-state index contributed by atoms with van der Waals surface area (Å²) in [5.74, 6) is -1.47. The second kappa shape index (κ2) is 5.59. The molecule has 0 aliphatic heterocycles. The number of rotatable bonds is 3. The van der Waals surface area contributed by atoms with Gasteiger partial charge in [0.15, 0.2) is 5.75 Å². The summed E-state index contributed by atoms with van der Waals surface area (Å²) in [6.45, 7) is -0.0475. The molecule has 6 nitrogen and oxygen atoms in total. The lowest BCUT2D eigenvalue weighted by Gasteiger charge is -2.11. The van der Waals surface area contributed by atoms with Gasteiger partial charge in [0, 0.05) is 18.2 Å². The van der Waals surface area contributed by atoms with E-state index in [1.165, 1.54) is 0 Å². The minimum absolute atomic E-state index is 0. The molecule has 0 saturated carbocycles. The van der Waals surface area contributed by atoms with E-state index in [0.29, 0.717) is 6.07 Å². The Kier molecular flexibility index (Phi) is 5.09. The number of nitrogens with zero attached hydrogens (tertiary/aromatic N) is 1. The lowest BCUT2D eigenvalue weighted by Crippen LogP contribution is -2.21. The van der Waals surface area contributed by atoms with Crippen molar-refractivity contribution in [1.29, 1.82) is 0 Å². The first-order valence-corrected chi connectivity index (χ1v) is 4.09. The van der Waals surface area contributed by atoms with Gasteiger partial charge in [0.2, 0.25) is 0 Å². The number of nitro benzene ring substituents is 1. The quantitative estimate of drug-likeness (QED) is 0.543. The van der Waals surface area contributed by atoms with Crippen LogP contribution < -0.4 is 11.5 Å². The number of hydrogen-bond acceptors (Lipinski definition) is 5. The van der Waals surface area contributed by atoms with Crippen molar-refractivity contribution in [2.75, 3.05) is 6.54 Å². The zero-order chi connectivity index (χ0) is 11.6. The van der Waals surface area contributed by atoms with Crippen molar-refractivity contribution in [3.63, 3.8) is 0 Å². The minimum atomic E-state index is -0.884. The maximum absolute atomic E-state index is 13.0. The molecular weight excluding hydrogens is 241 g/mol. The average Bonchev–Trinajstić information content (AvgIpc) is 2.19. The van der Waals surface area contributed by atoms with Gasteiger partial charge >= 0.3 is 5.69 Å². The summed E-state index contributed by atoms with van der Waals surface area (Å²) in [6.07, 6.45) is 0. The third-order valence-corrected chi connectivity index (χ3v) is 1.93. The van der Waals surface area contributed by atoms with Crippen LogP contribution in [-0.2, 0) is 0 Å². The lowest BCUT2D eigenvalue weighted by atomic mass is 10.1. The van der Waals surface area contributed by atoms with Crippen molar-refractivity contribution >= 4 is 18.1 Å². The van der Waals surface area contributed by atoms with Crippen LogP contribution in [0.4, 0.5) is 10.1 Å². The molecule has 0 fully saturated rings. The second-order valence-electron chi connectivity index (χ2n) is 2.96. The molecule has 0 amide bonds. The molecule has 1 rings (SSSR count). The van der Waals surface area contributed by atoms with E-state index in [-0.39, 0.29) is 24.5 Å². The molecule has 0 aliphatic rings. The zero-order valence-electron chi connectivity index (χ0n) is 8.09. The van der Waals surface area contributed by atoms with Crippen molar-refractivity contribution in [3.8, 4) is 5.75 Å². The van der Waals surface area contributed by atoms with Crippen LogP contribution in [0, 0.1) is 15.9 Å². The molecule has 0 aromatic heterocycles. The normalized spacial score (nSPS) is 11.7. The predicted molar refractivity (Wildman–Crippen MR) is 58.0 cm³/mol. The highest BCUT2D eigenvalue weighted by molar-refractivity contribution is 5.85. The minimum Gasteiger partial charge on any atom is -0.502 e. The molecule has 90 valence electrons. The summed E-state index contributed by atoms with van der Waals surface area (Å²) in [5, 5.41) is 19.9. The highest BCUT2D eigenvalue weighted by Gasteiger charge is 2.22. The topological polar surface area (TPSA) is 115 Å². The van der Waals surface area contributed by atoms with Crippen molar-refractivity contribution in [3.05, 3.63) is 33.6 Å². The first kappa shape index (κ1) is 14.6. The summed E-state index contributed by atoms with van der Waals surface area (Å²) in [5.41, 5.74) is 9.90. The van der Waals surface area contributed by atoms with Crippen molar-refractivity contribution < 1.29 is 14.4 Å². The number of halogens is 2. The summed E-state index contributed by atoms with van der Waals surface area (Å²) in [6, 6.07) is 0.724. The zero-order valence-corrected chi connectivity index (χ0v) is 8.91. The van der Waals surface area contributed by atoms with E-state index in [4.69, 9.17) is 11.5 Å². The number of hydrogen-bond donors (Lipinski definition) is 3. The van der Waals surface area contributed by atoms with Gasteiger partial charge in [-0.05, 0) is 6.07 Å². The molecule has 0 unspecified atom stereocenters. The third-order valence-electron chi connectivity index (χ3n) is 1.93. The molecule has 0 spiro atoms. The lowest BCUT2D eigenvalue weighted by molar-refractivity contribution is -0.386. The number of phenols is 1. The van der Waals surface area contributed by atoms with Gasteiger partial charge in [-0.2, -0.15) is 0 Å². The SMILES string of the molecule is Cl.NC[C@H](N)c1cc(F)cc([N+](=O)[O-])c1O. The number of benzene rings is 1. The smallest absolute Gasteiger partial charge is 0.313 e. The molecule has 0 heterocycles. The van der Waals surface area contributed by atoms with E-state index in [2.05, 4.69) is 0 Å². The van der Waals surface area contributed by atoms with E-state index in [1.54, 1.807) is 0 Å². The fourth-order valence-electron chi connectivity index (χ4n) is 1.15. The number of nitrogens with two attached hydrogens (primary N) is 2. The van der Waals surface area contributed by atoms with Crippen molar-refractivity contribution in [2.45, 2.75) is 6.04 Å². The van der Waals surface area contributed by atoms with Crippen LogP contribution in [0.2, 0.25) is 0 Å². The second-order valence-corrected chi connectivity index (χ2v) is 2.96. The molecule has 8 heteroatoms. The first-order valence-electron chi connectivity index (χ1n) is 4.09. The molecule has 0 bridgehead atoms. The van der Waals surface area contributed by atoms with Crippen LogP contribution in [0.15, 0.2) is 12.1 Å². The molecule has 1 atom stereocenters. The Morgan fingerprint density at radius 1 is 1.56 bits per heavy atom. The van der Waals surface area contributed by atoms with E-state index < -0.39 is 28.2 Å². The van der Waals surface area contributed by atoms with Gasteiger partial charge < -0.3 is 16.6 Å². The van der Waals surface area contributed by atoms with Crippen LogP contribution in [0.25, 0.3) is 0 Å². The van der Waals surface area contributed by atoms with Crippen LogP contribution in [0.5, 0.6) is 5.75 Å². The number of phenolic OH excluding ortho intramolecular Hbond substituents is 1. The summed E-state index contributed by atoms with van der Waals surface area (Å²) in [4.78, 5) is 9.56. The summed E-state index contributed by atoms with van der Waals surface area (Å²) in [7, 11) is 0. The maximum Gasteiger partial charge on any atom is 0.313 e. The van der Waals surface area contributed by atoms with Gasteiger partial charge in [-0.15, -0.1) is 12.4 Å². The highest BCUT2D eigenvalue weighted by Crippen LogP contribution is 2.33. The monoisotopic (exact) mass is 251 g/mol. The molecule has 1 aromatic rings. The fourth-order valence-corrected chi connectivity index (χ4v) is 1.15. The highest BCUT2D eigenvalue weighted by atomic mass is 35.5. The maximum atomic E-state index is 13.0. The first-order chi connectivity index (χ1) is 6.97. The summed E-state index contributed by atoms with van der Waals surface area (Å²) < 4.78 is 13.0. The Morgan fingerprint density at radius 2 is 2.12 bits per heavy atom. The van der Waals surface area contributed by atoms with E-state index >= 15 is 0 Å².